The van der Waals surface area contributed by atoms with E-state index in [0.29, 0.717) is 25.1 Å². The highest BCUT2D eigenvalue weighted by Crippen LogP contribution is 2.12. The minimum atomic E-state index is -1.01. The van der Waals surface area contributed by atoms with E-state index in [4.69, 9.17) is 9.47 Å². The van der Waals surface area contributed by atoms with Crippen molar-refractivity contribution in [1.82, 2.24) is 15.6 Å². The summed E-state index contributed by atoms with van der Waals surface area (Å²) in [6.07, 6.45) is 0.898. The van der Waals surface area contributed by atoms with Crippen LogP contribution in [0.25, 0.3) is 0 Å². The fraction of sp³-hybridized carbons (Fsp3) is 0.588. The first-order valence-electron chi connectivity index (χ1n) is 8.39. The van der Waals surface area contributed by atoms with E-state index >= 15 is 0 Å². The van der Waals surface area contributed by atoms with E-state index in [1.807, 2.05) is 13.8 Å². The Bertz CT molecular complexity index is 567. The lowest BCUT2D eigenvalue weighted by Gasteiger charge is -2.23. The number of amides is 2. The Labute approximate surface area is 146 Å². The van der Waals surface area contributed by atoms with E-state index in [1.165, 1.54) is 0 Å². The number of carbonyl (C=O) groups is 2. The van der Waals surface area contributed by atoms with Crippen molar-refractivity contribution in [2.75, 3.05) is 6.61 Å². The van der Waals surface area contributed by atoms with Gasteiger partial charge in [0.05, 0.1) is 18.3 Å². The molecule has 1 aromatic heterocycles. The van der Waals surface area contributed by atoms with Gasteiger partial charge in [-0.2, -0.15) is 0 Å². The number of hydrogen-bond acceptors (Lipinski definition) is 6. The largest absolute Gasteiger partial charge is 0.443 e. The molecule has 1 fully saturated rings. The molecule has 0 aromatic carbocycles. The van der Waals surface area contributed by atoms with Crippen molar-refractivity contribution in [1.29, 1.82) is 0 Å². The number of nitrogens with zero attached hydrogens (tertiary/aromatic N) is 1. The highest BCUT2D eigenvalue weighted by Gasteiger charge is 2.31. The molecule has 0 saturated carbocycles. The van der Waals surface area contributed by atoms with Crippen molar-refractivity contribution in [3.05, 3.63) is 30.1 Å². The predicted octanol–water partition coefficient (Wildman–Crippen LogP) is 0.946. The quantitative estimate of drug-likeness (QED) is 0.675. The smallest absolute Gasteiger partial charge is 0.408 e. The van der Waals surface area contributed by atoms with Crippen LogP contribution >= 0.6 is 0 Å². The Hall–Kier alpha value is -2.19. The Morgan fingerprint density at radius 1 is 1.44 bits per heavy atom. The fourth-order valence-electron chi connectivity index (χ4n) is 2.51. The van der Waals surface area contributed by atoms with Crippen LogP contribution in [-0.2, 0) is 20.9 Å². The summed E-state index contributed by atoms with van der Waals surface area (Å²) in [4.78, 5) is 28.5. The topological polar surface area (TPSA) is 110 Å². The number of nitrogens with one attached hydrogen (secondary N) is 2. The highest BCUT2D eigenvalue weighted by molar-refractivity contribution is 5.85. The fourth-order valence-corrected chi connectivity index (χ4v) is 2.51. The summed E-state index contributed by atoms with van der Waals surface area (Å²) in [5, 5.41) is 14.9. The average molecular weight is 351 g/mol. The molecule has 1 saturated heterocycles. The molecule has 2 amide bonds. The van der Waals surface area contributed by atoms with Gasteiger partial charge in [-0.15, -0.1) is 0 Å². The molecule has 0 radical (unpaired) electrons. The van der Waals surface area contributed by atoms with Crippen molar-refractivity contribution in [2.45, 2.75) is 51.7 Å². The Morgan fingerprint density at radius 3 is 2.84 bits per heavy atom. The van der Waals surface area contributed by atoms with Crippen LogP contribution in [0, 0.1) is 5.92 Å². The molecule has 8 nitrogen and oxygen atoms in total. The average Bonchev–Trinajstić information content (AvgIpc) is 2.98. The Balaban J connectivity index is 1.87. The van der Waals surface area contributed by atoms with E-state index in [-0.39, 0.29) is 18.4 Å². The van der Waals surface area contributed by atoms with Gasteiger partial charge in [-0.25, -0.2) is 4.79 Å². The maximum Gasteiger partial charge on any atom is 0.408 e. The molecule has 138 valence electrons. The Kier molecular flexibility index (Phi) is 7.15. The molecule has 1 aliphatic rings. The molecule has 1 aliphatic heterocycles. The second kappa shape index (κ2) is 9.33. The number of rotatable bonds is 7. The molecule has 1 aromatic rings. The van der Waals surface area contributed by atoms with E-state index in [0.717, 1.165) is 0 Å². The SMILES string of the molecule is CC(C)C[C@H](NC(=O)OCc1ccccn1)C(=O)N[C@H]1CCOC1O. The maximum atomic E-state index is 12.4. The van der Waals surface area contributed by atoms with E-state index in [2.05, 4.69) is 15.6 Å². The molecule has 2 heterocycles. The summed E-state index contributed by atoms with van der Waals surface area (Å²) >= 11 is 0. The number of ether oxygens (including phenoxy) is 2. The molecule has 0 spiro atoms. The number of aromatic nitrogens is 1. The van der Waals surface area contributed by atoms with E-state index in [1.54, 1.807) is 24.4 Å². The minimum absolute atomic E-state index is 0.0257. The van der Waals surface area contributed by atoms with Gasteiger partial charge in [0.15, 0.2) is 6.29 Å². The van der Waals surface area contributed by atoms with Crippen molar-refractivity contribution in [2.24, 2.45) is 5.92 Å². The molecular weight excluding hydrogens is 326 g/mol. The van der Waals surface area contributed by atoms with Crippen LogP contribution < -0.4 is 10.6 Å². The van der Waals surface area contributed by atoms with Gasteiger partial charge in [0.2, 0.25) is 5.91 Å². The lowest BCUT2D eigenvalue weighted by atomic mass is 10.0. The molecule has 2 rings (SSSR count). The number of aliphatic hydroxyl groups excluding tert-OH is 1. The number of aliphatic hydroxyl groups is 1. The number of hydrogen-bond donors (Lipinski definition) is 3. The minimum Gasteiger partial charge on any atom is -0.443 e. The van der Waals surface area contributed by atoms with Gasteiger partial charge in [-0.1, -0.05) is 19.9 Å². The zero-order valence-corrected chi connectivity index (χ0v) is 14.5. The maximum absolute atomic E-state index is 12.4. The van der Waals surface area contributed by atoms with Crippen LogP contribution in [0.3, 0.4) is 0 Å². The molecule has 3 atom stereocenters. The number of alkyl carbamates (subject to hydrolysis) is 1. The highest BCUT2D eigenvalue weighted by atomic mass is 16.6. The van der Waals surface area contributed by atoms with Gasteiger partial charge >= 0.3 is 6.09 Å². The van der Waals surface area contributed by atoms with Crippen molar-refractivity contribution in [3.8, 4) is 0 Å². The normalized spacial score (nSPS) is 21.0. The lowest BCUT2D eigenvalue weighted by Crippen LogP contribution is -2.51. The first kappa shape index (κ1) is 19.1. The molecule has 8 heteroatoms. The summed E-state index contributed by atoms with van der Waals surface area (Å²) in [5.74, 6) is -0.172. The van der Waals surface area contributed by atoms with Gasteiger partial charge in [-0.3, -0.25) is 9.78 Å². The second-order valence-corrected chi connectivity index (χ2v) is 6.39. The summed E-state index contributed by atoms with van der Waals surface area (Å²) in [6.45, 7) is 4.32. The van der Waals surface area contributed by atoms with Gasteiger partial charge in [0.1, 0.15) is 12.6 Å². The third-order valence-electron chi connectivity index (χ3n) is 3.78. The van der Waals surface area contributed by atoms with Crippen LogP contribution in [-0.4, -0.2) is 47.1 Å². The first-order chi connectivity index (χ1) is 12.0. The van der Waals surface area contributed by atoms with Crippen molar-refractivity contribution in [3.63, 3.8) is 0 Å². The molecule has 1 unspecified atom stereocenters. The monoisotopic (exact) mass is 351 g/mol. The third-order valence-corrected chi connectivity index (χ3v) is 3.78. The van der Waals surface area contributed by atoms with E-state index < -0.39 is 24.5 Å². The van der Waals surface area contributed by atoms with Crippen LogP contribution in [0.1, 0.15) is 32.4 Å². The van der Waals surface area contributed by atoms with Crippen molar-refractivity contribution < 1.29 is 24.2 Å². The number of carbonyl (C=O) groups excluding carboxylic acids is 2. The molecule has 0 aliphatic carbocycles. The standard InChI is InChI=1S/C17H25N3O5/c1-11(2)9-14(15(21)19-13-6-8-24-16(13)22)20-17(23)25-10-12-5-3-4-7-18-12/h3-5,7,11,13-14,16,22H,6,8-10H2,1-2H3,(H,19,21)(H,20,23)/t13-,14-,16?/m0/s1. The molecular formula is C17H25N3O5. The molecule has 0 bridgehead atoms. The van der Waals surface area contributed by atoms with Crippen LogP contribution in [0.5, 0.6) is 0 Å². The third kappa shape index (κ3) is 6.32. The summed E-state index contributed by atoms with van der Waals surface area (Å²) < 4.78 is 10.1. The molecule has 25 heavy (non-hydrogen) atoms. The second-order valence-electron chi connectivity index (χ2n) is 6.39. The zero-order chi connectivity index (χ0) is 18.2. The lowest BCUT2D eigenvalue weighted by molar-refractivity contribution is -0.127. The van der Waals surface area contributed by atoms with Crippen LogP contribution in [0.4, 0.5) is 4.79 Å². The van der Waals surface area contributed by atoms with E-state index in [9.17, 15) is 14.7 Å². The van der Waals surface area contributed by atoms with Gasteiger partial charge < -0.3 is 25.2 Å². The van der Waals surface area contributed by atoms with Crippen LogP contribution in [0.2, 0.25) is 0 Å². The van der Waals surface area contributed by atoms with Crippen LogP contribution in [0.15, 0.2) is 24.4 Å². The van der Waals surface area contributed by atoms with Gasteiger partial charge in [0, 0.05) is 6.20 Å². The van der Waals surface area contributed by atoms with Gasteiger partial charge in [-0.05, 0) is 30.9 Å². The van der Waals surface area contributed by atoms with Gasteiger partial charge in [0.25, 0.3) is 0 Å². The Morgan fingerprint density at radius 2 is 2.24 bits per heavy atom. The predicted molar refractivity (Wildman–Crippen MR) is 89.3 cm³/mol. The molecule has 3 N–H and O–H groups in total. The first-order valence-corrected chi connectivity index (χ1v) is 8.39. The summed E-state index contributed by atoms with van der Waals surface area (Å²) in [7, 11) is 0. The zero-order valence-electron chi connectivity index (χ0n) is 14.5. The van der Waals surface area contributed by atoms with Crippen molar-refractivity contribution >= 4 is 12.0 Å². The summed E-state index contributed by atoms with van der Waals surface area (Å²) in [6, 6.07) is 4.10. The summed E-state index contributed by atoms with van der Waals surface area (Å²) in [5.41, 5.74) is 0.619. The number of pyridine rings is 1.